The molecule has 0 radical (unpaired) electrons. The van der Waals surface area contributed by atoms with Gasteiger partial charge in [-0.15, -0.1) is 30.3 Å². The standard InChI is InChI=1S/C9H12BrNS.ClH/c1-3-4-7(11)8-5-6(2)9(10)12-8;/h3,5,7H,1,4,11H2,2H3;1H/t7-;/m1./s1. The third-order valence-electron chi connectivity index (χ3n) is 1.66. The maximum absolute atomic E-state index is 5.91. The Morgan fingerprint density at radius 2 is 2.38 bits per heavy atom. The summed E-state index contributed by atoms with van der Waals surface area (Å²) in [6.07, 6.45) is 2.69. The molecule has 0 aliphatic carbocycles. The van der Waals surface area contributed by atoms with Gasteiger partial charge in [-0.2, -0.15) is 0 Å². The largest absolute Gasteiger partial charge is 0.323 e. The molecule has 1 aromatic heterocycles. The molecule has 1 rings (SSSR count). The molecule has 0 aromatic carbocycles. The van der Waals surface area contributed by atoms with Crippen molar-refractivity contribution in [3.8, 4) is 0 Å². The van der Waals surface area contributed by atoms with Crippen molar-refractivity contribution in [3.05, 3.63) is 32.9 Å². The summed E-state index contributed by atoms with van der Waals surface area (Å²) in [5.74, 6) is 0. The van der Waals surface area contributed by atoms with E-state index < -0.39 is 0 Å². The molecule has 1 atom stereocenters. The van der Waals surface area contributed by atoms with Crippen LogP contribution in [0.25, 0.3) is 0 Å². The van der Waals surface area contributed by atoms with Crippen molar-refractivity contribution in [3.63, 3.8) is 0 Å². The Labute approximate surface area is 97.6 Å². The first kappa shape index (κ1) is 13.2. The summed E-state index contributed by atoms with van der Waals surface area (Å²) >= 11 is 5.18. The minimum absolute atomic E-state index is 0. The number of hydrogen-bond donors (Lipinski definition) is 1. The molecule has 74 valence electrons. The van der Waals surface area contributed by atoms with E-state index in [4.69, 9.17) is 5.73 Å². The van der Waals surface area contributed by atoms with Crippen molar-refractivity contribution in [2.75, 3.05) is 0 Å². The first-order chi connectivity index (χ1) is 5.65. The van der Waals surface area contributed by atoms with Gasteiger partial charge in [0.2, 0.25) is 0 Å². The lowest BCUT2D eigenvalue weighted by Crippen LogP contribution is -2.06. The van der Waals surface area contributed by atoms with Crippen LogP contribution < -0.4 is 5.73 Å². The number of rotatable bonds is 3. The van der Waals surface area contributed by atoms with Crippen LogP contribution >= 0.6 is 39.7 Å². The normalized spacial score (nSPS) is 11.9. The molecule has 1 heterocycles. The van der Waals surface area contributed by atoms with E-state index in [1.807, 2.05) is 6.08 Å². The molecule has 0 bridgehead atoms. The Hall–Kier alpha value is 0.170. The number of thiophene rings is 1. The highest BCUT2D eigenvalue weighted by atomic mass is 79.9. The van der Waals surface area contributed by atoms with E-state index >= 15 is 0 Å². The van der Waals surface area contributed by atoms with E-state index in [0.29, 0.717) is 0 Å². The van der Waals surface area contributed by atoms with Crippen LogP contribution in [0.4, 0.5) is 0 Å². The zero-order valence-corrected chi connectivity index (χ0v) is 10.6. The molecule has 4 heteroatoms. The van der Waals surface area contributed by atoms with Crippen molar-refractivity contribution < 1.29 is 0 Å². The summed E-state index contributed by atoms with van der Waals surface area (Å²) in [6.45, 7) is 5.74. The average Bonchev–Trinajstić information content (AvgIpc) is 2.33. The van der Waals surface area contributed by atoms with Gasteiger partial charge >= 0.3 is 0 Å². The SMILES string of the molecule is C=CC[C@@H](N)c1cc(C)c(Br)s1.Cl. The van der Waals surface area contributed by atoms with Crippen molar-refractivity contribution in [2.24, 2.45) is 5.73 Å². The molecule has 0 spiro atoms. The van der Waals surface area contributed by atoms with Crippen LogP contribution in [0.5, 0.6) is 0 Å². The molecule has 0 fully saturated rings. The van der Waals surface area contributed by atoms with Crippen molar-refractivity contribution in [2.45, 2.75) is 19.4 Å². The quantitative estimate of drug-likeness (QED) is 0.838. The molecular formula is C9H13BrClNS. The fraction of sp³-hybridized carbons (Fsp3) is 0.333. The third kappa shape index (κ3) is 3.43. The first-order valence-corrected chi connectivity index (χ1v) is 5.38. The van der Waals surface area contributed by atoms with Gasteiger partial charge < -0.3 is 5.73 Å². The van der Waals surface area contributed by atoms with Gasteiger partial charge in [0.05, 0.1) is 3.79 Å². The summed E-state index contributed by atoms with van der Waals surface area (Å²) in [5.41, 5.74) is 7.16. The highest BCUT2D eigenvalue weighted by Crippen LogP contribution is 2.31. The van der Waals surface area contributed by atoms with Gasteiger partial charge in [-0.25, -0.2) is 0 Å². The van der Waals surface area contributed by atoms with E-state index in [1.165, 1.54) is 14.2 Å². The van der Waals surface area contributed by atoms with Crippen LogP contribution in [0.2, 0.25) is 0 Å². The monoisotopic (exact) mass is 281 g/mol. The zero-order chi connectivity index (χ0) is 9.14. The van der Waals surface area contributed by atoms with Gasteiger partial charge in [0.15, 0.2) is 0 Å². The van der Waals surface area contributed by atoms with Gasteiger partial charge in [0.1, 0.15) is 0 Å². The molecule has 0 saturated heterocycles. The second kappa shape index (κ2) is 5.81. The second-order valence-corrected chi connectivity index (χ2v) is 5.14. The first-order valence-electron chi connectivity index (χ1n) is 3.77. The Morgan fingerprint density at radius 3 is 2.77 bits per heavy atom. The predicted octanol–water partition coefficient (Wildman–Crippen LogP) is 3.82. The molecule has 0 aliphatic heterocycles. The second-order valence-electron chi connectivity index (χ2n) is 2.74. The lowest BCUT2D eigenvalue weighted by molar-refractivity contribution is 0.757. The van der Waals surface area contributed by atoms with Crippen LogP contribution in [-0.2, 0) is 0 Å². The van der Waals surface area contributed by atoms with Crippen LogP contribution in [-0.4, -0.2) is 0 Å². The van der Waals surface area contributed by atoms with Gasteiger partial charge in [0.25, 0.3) is 0 Å². The van der Waals surface area contributed by atoms with Gasteiger partial charge in [0, 0.05) is 10.9 Å². The molecule has 1 nitrogen and oxygen atoms in total. The zero-order valence-electron chi connectivity index (χ0n) is 7.42. The Kier molecular flexibility index (Phi) is 5.88. The minimum Gasteiger partial charge on any atom is -0.323 e. The highest BCUT2D eigenvalue weighted by Gasteiger charge is 2.08. The summed E-state index contributed by atoms with van der Waals surface area (Å²) in [7, 11) is 0. The van der Waals surface area contributed by atoms with Gasteiger partial charge in [-0.1, -0.05) is 6.08 Å². The predicted molar refractivity (Wildman–Crippen MR) is 65.7 cm³/mol. The molecule has 13 heavy (non-hydrogen) atoms. The van der Waals surface area contributed by atoms with Crippen LogP contribution in [0, 0.1) is 6.92 Å². The molecule has 2 N–H and O–H groups in total. The van der Waals surface area contributed by atoms with Crippen LogP contribution in [0.1, 0.15) is 22.9 Å². The molecular weight excluding hydrogens is 270 g/mol. The lowest BCUT2D eigenvalue weighted by Gasteiger charge is -2.03. The molecule has 0 aliphatic rings. The van der Waals surface area contributed by atoms with Crippen molar-refractivity contribution in [1.82, 2.24) is 0 Å². The summed E-state index contributed by atoms with van der Waals surface area (Å²) in [5, 5.41) is 0. The van der Waals surface area contributed by atoms with Gasteiger partial charge in [-0.3, -0.25) is 0 Å². The fourth-order valence-electron chi connectivity index (χ4n) is 0.962. The van der Waals surface area contributed by atoms with Crippen molar-refractivity contribution in [1.29, 1.82) is 0 Å². The average molecular weight is 283 g/mol. The Morgan fingerprint density at radius 1 is 1.77 bits per heavy atom. The maximum atomic E-state index is 5.91. The summed E-state index contributed by atoms with van der Waals surface area (Å²) in [6, 6.07) is 2.24. The van der Waals surface area contributed by atoms with Gasteiger partial charge in [-0.05, 0) is 40.9 Å². The number of halogens is 2. The smallest absolute Gasteiger partial charge is 0.0731 e. The Bertz CT molecular complexity index is 266. The number of nitrogens with two attached hydrogens (primary N) is 1. The van der Waals surface area contributed by atoms with E-state index in [-0.39, 0.29) is 18.4 Å². The maximum Gasteiger partial charge on any atom is 0.0731 e. The van der Waals surface area contributed by atoms with E-state index in [9.17, 15) is 0 Å². The Balaban J connectivity index is 0.00000144. The van der Waals surface area contributed by atoms with Crippen LogP contribution in [0.3, 0.4) is 0 Å². The summed E-state index contributed by atoms with van der Waals surface area (Å²) < 4.78 is 1.18. The minimum atomic E-state index is 0. The molecule has 0 saturated carbocycles. The molecule has 1 aromatic rings. The van der Waals surface area contributed by atoms with E-state index in [0.717, 1.165) is 6.42 Å². The van der Waals surface area contributed by atoms with E-state index in [1.54, 1.807) is 11.3 Å². The van der Waals surface area contributed by atoms with Crippen molar-refractivity contribution >= 4 is 39.7 Å². The fourth-order valence-corrected chi connectivity index (χ4v) is 2.55. The lowest BCUT2D eigenvalue weighted by atomic mass is 10.2. The number of aryl methyl sites for hydroxylation is 1. The number of hydrogen-bond acceptors (Lipinski definition) is 2. The molecule has 0 unspecified atom stereocenters. The molecule has 0 amide bonds. The third-order valence-corrected chi connectivity index (χ3v) is 3.93. The highest BCUT2D eigenvalue weighted by molar-refractivity contribution is 9.11. The topological polar surface area (TPSA) is 26.0 Å². The van der Waals surface area contributed by atoms with Crippen LogP contribution in [0.15, 0.2) is 22.5 Å². The summed E-state index contributed by atoms with van der Waals surface area (Å²) in [4.78, 5) is 1.22. The van der Waals surface area contributed by atoms with E-state index in [2.05, 4.69) is 35.5 Å².